The molecule has 3 aromatic rings. The fourth-order valence-corrected chi connectivity index (χ4v) is 3.58. The van der Waals surface area contributed by atoms with E-state index in [1.165, 1.54) is 11.3 Å². The number of nitrogens with zero attached hydrogens (tertiary/aromatic N) is 2. The summed E-state index contributed by atoms with van der Waals surface area (Å²) in [7, 11) is 1.57. The zero-order valence-electron chi connectivity index (χ0n) is 17.6. The van der Waals surface area contributed by atoms with Crippen LogP contribution in [0.4, 0.5) is 10.8 Å². The third-order valence-corrected chi connectivity index (χ3v) is 5.25. The zero-order valence-corrected chi connectivity index (χ0v) is 18.4. The molecule has 164 valence electrons. The molecule has 0 saturated carbocycles. The van der Waals surface area contributed by atoms with E-state index in [0.717, 1.165) is 11.3 Å². The van der Waals surface area contributed by atoms with Crippen LogP contribution in [0.3, 0.4) is 0 Å². The monoisotopic (exact) mass is 442 g/mol. The highest BCUT2D eigenvalue weighted by Crippen LogP contribution is 2.22. The number of hydrogen-bond donors (Lipinski definition) is 2. The molecule has 0 aliphatic rings. The Labute approximate surface area is 185 Å². The topological polar surface area (TPSA) is 96.7 Å². The lowest BCUT2D eigenvalue weighted by molar-refractivity contribution is -0.121. The van der Waals surface area contributed by atoms with E-state index in [0.29, 0.717) is 36.3 Å². The zero-order chi connectivity index (χ0) is 22.1. The summed E-state index contributed by atoms with van der Waals surface area (Å²) in [5.74, 6) is 0.285. The van der Waals surface area contributed by atoms with Crippen molar-refractivity contribution in [3.63, 3.8) is 0 Å². The molecular formula is C22H26N4O4S. The van der Waals surface area contributed by atoms with Crippen LogP contribution >= 0.6 is 11.3 Å². The summed E-state index contributed by atoms with van der Waals surface area (Å²) in [6.45, 7) is 3.35. The first kappa shape index (κ1) is 22.5. The highest BCUT2D eigenvalue weighted by atomic mass is 32.1. The van der Waals surface area contributed by atoms with Gasteiger partial charge >= 0.3 is 0 Å². The number of aryl methyl sites for hydroxylation is 1. The van der Waals surface area contributed by atoms with Crippen LogP contribution in [-0.2, 0) is 16.1 Å². The summed E-state index contributed by atoms with van der Waals surface area (Å²) < 4.78 is 10.3. The molecule has 0 radical (unpaired) electrons. The highest BCUT2D eigenvalue weighted by molar-refractivity contribution is 7.14. The Morgan fingerprint density at radius 2 is 2.10 bits per heavy atom. The molecule has 0 spiro atoms. The molecule has 2 aromatic heterocycles. The molecule has 0 aliphatic carbocycles. The number of nitrogens with one attached hydrogen (secondary N) is 2. The Hall–Kier alpha value is -3.17. The average molecular weight is 443 g/mol. The molecule has 0 bridgehead atoms. The normalized spacial score (nSPS) is 10.6. The van der Waals surface area contributed by atoms with E-state index < -0.39 is 0 Å². The van der Waals surface area contributed by atoms with Crippen LogP contribution in [0.2, 0.25) is 0 Å². The molecular weight excluding hydrogens is 416 g/mol. The van der Waals surface area contributed by atoms with Gasteiger partial charge in [-0.3, -0.25) is 9.59 Å². The van der Waals surface area contributed by atoms with Gasteiger partial charge in [-0.1, -0.05) is 12.1 Å². The van der Waals surface area contributed by atoms with E-state index >= 15 is 0 Å². The molecule has 2 heterocycles. The first-order valence-corrected chi connectivity index (χ1v) is 10.8. The van der Waals surface area contributed by atoms with Crippen molar-refractivity contribution in [1.29, 1.82) is 0 Å². The smallest absolute Gasteiger partial charge is 0.273 e. The number of anilines is 2. The Morgan fingerprint density at radius 1 is 1.23 bits per heavy atom. The maximum Gasteiger partial charge on any atom is 0.273 e. The number of methoxy groups -OCH3 is 1. The summed E-state index contributed by atoms with van der Waals surface area (Å²) in [4.78, 5) is 31.1. The van der Waals surface area contributed by atoms with E-state index in [2.05, 4.69) is 15.6 Å². The lowest BCUT2D eigenvalue weighted by atomic mass is 10.2. The van der Waals surface area contributed by atoms with Crippen LogP contribution in [0.5, 0.6) is 0 Å². The van der Waals surface area contributed by atoms with Crippen molar-refractivity contribution < 1.29 is 18.7 Å². The number of benzene rings is 1. The fourth-order valence-electron chi connectivity index (χ4n) is 2.88. The summed E-state index contributed by atoms with van der Waals surface area (Å²) in [5.41, 5.74) is 2.39. The minimum absolute atomic E-state index is 0.160. The molecule has 0 unspecified atom stereocenters. The summed E-state index contributed by atoms with van der Waals surface area (Å²) in [5, 5.41) is 8.36. The molecule has 8 nitrogen and oxygen atoms in total. The number of carbonyl (C=O) groups is 2. The van der Waals surface area contributed by atoms with Gasteiger partial charge in [-0.25, -0.2) is 4.98 Å². The van der Waals surface area contributed by atoms with Crippen molar-refractivity contribution >= 4 is 34.0 Å². The summed E-state index contributed by atoms with van der Waals surface area (Å²) in [6, 6.07) is 11.5. The third kappa shape index (κ3) is 6.94. The van der Waals surface area contributed by atoms with Crippen LogP contribution in [0.25, 0.3) is 0 Å². The maximum absolute atomic E-state index is 13.0. The first-order chi connectivity index (χ1) is 15.0. The van der Waals surface area contributed by atoms with Gasteiger partial charge in [0.15, 0.2) is 5.13 Å². The predicted octanol–water partition coefficient (Wildman–Crippen LogP) is 3.58. The second-order valence-electron chi connectivity index (χ2n) is 6.92. The lowest BCUT2D eigenvalue weighted by Gasteiger charge is -2.21. The molecule has 9 heteroatoms. The van der Waals surface area contributed by atoms with Crippen molar-refractivity contribution in [3.8, 4) is 0 Å². The van der Waals surface area contributed by atoms with Gasteiger partial charge in [-0.05, 0) is 36.8 Å². The molecule has 0 aliphatic heterocycles. The van der Waals surface area contributed by atoms with Crippen LogP contribution in [0, 0.1) is 6.92 Å². The van der Waals surface area contributed by atoms with Gasteiger partial charge < -0.3 is 24.7 Å². The SMILES string of the molecule is COCCN(CCC(=O)NCc1ccco1)C(=O)c1csc(Nc2cccc(C)c2)n1. The van der Waals surface area contributed by atoms with Gasteiger partial charge in [-0.15, -0.1) is 11.3 Å². The lowest BCUT2D eigenvalue weighted by Crippen LogP contribution is -2.37. The minimum atomic E-state index is -0.232. The molecule has 31 heavy (non-hydrogen) atoms. The van der Waals surface area contributed by atoms with Gasteiger partial charge in [0, 0.05) is 37.7 Å². The number of thiazole rings is 1. The standard InChI is InChI=1S/C22H26N4O4S/c1-16-5-3-6-17(13-16)24-22-25-19(15-31-22)21(28)26(10-12-29-2)9-8-20(27)23-14-18-7-4-11-30-18/h3-7,11,13,15H,8-10,12,14H2,1-2H3,(H,23,27)(H,24,25). The van der Waals surface area contributed by atoms with E-state index in [4.69, 9.17) is 9.15 Å². The number of amides is 2. The van der Waals surface area contributed by atoms with Gasteiger partial charge in [0.2, 0.25) is 5.91 Å². The van der Waals surface area contributed by atoms with Gasteiger partial charge in [0.1, 0.15) is 11.5 Å². The Bertz CT molecular complexity index is 987. The number of furan rings is 1. The predicted molar refractivity (Wildman–Crippen MR) is 120 cm³/mol. The van der Waals surface area contributed by atoms with E-state index in [-0.39, 0.29) is 24.8 Å². The van der Waals surface area contributed by atoms with Crippen molar-refractivity contribution in [2.24, 2.45) is 0 Å². The molecule has 0 saturated heterocycles. The third-order valence-electron chi connectivity index (χ3n) is 4.49. The van der Waals surface area contributed by atoms with Gasteiger partial charge in [0.05, 0.1) is 19.4 Å². The summed E-state index contributed by atoms with van der Waals surface area (Å²) >= 11 is 1.36. The number of ether oxygens (including phenoxy) is 1. The molecule has 0 atom stereocenters. The van der Waals surface area contributed by atoms with E-state index in [9.17, 15) is 9.59 Å². The maximum atomic E-state index is 13.0. The van der Waals surface area contributed by atoms with Crippen LogP contribution < -0.4 is 10.6 Å². The van der Waals surface area contributed by atoms with Crippen LogP contribution in [-0.4, -0.2) is 48.5 Å². The van der Waals surface area contributed by atoms with E-state index in [1.807, 2.05) is 31.2 Å². The molecule has 2 N–H and O–H groups in total. The minimum Gasteiger partial charge on any atom is -0.467 e. The van der Waals surface area contributed by atoms with Crippen molar-refractivity contribution in [2.45, 2.75) is 19.9 Å². The first-order valence-electron chi connectivity index (χ1n) is 9.91. The van der Waals surface area contributed by atoms with Crippen LogP contribution in [0.15, 0.2) is 52.5 Å². The Balaban J connectivity index is 1.57. The number of carbonyl (C=O) groups excluding carboxylic acids is 2. The van der Waals surface area contributed by atoms with Gasteiger partial charge in [0.25, 0.3) is 5.91 Å². The van der Waals surface area contributed by atoms with E-state index in [1.54, 1.807) is 35.8 Å². The molecule has 3 rings (SSSR count). The number of hydrogen-bond acceptors (Lipinski definition) is 7. The average Bonchev–Trinajstić information content (AvgIpc) is 3.44. The molecule has 0 fully saturated rings. The van der Waals surface area contributed by atoms with Crippen molar-refractivity contribution in [1.82, 2.24) is 15.2 Å². The summed E-state index contributed by atoms with van der Waals surface area (Å²) in [6.07, 6.45) is 1.73. The fraction of sp³-hybridized carbons (Fsp3) is 0.318. The molecule has 2 amide bonds. The van der Waals surface area contributed by atoms with Gasteiger partial charge in [-0.2, -0.15) is 0 Å². The second kappa shape index (κ2) is 11.3. The van der Waals surface area contributed by atoms with Crippen LogP contribution in [0.1, 0.15) is 28.2 Å². The quantitative estimate of drug-likeness (QED) is 0.471. The highest BCUT2D eigenvalue weighted by Gasteiger charge is 2.20. The Kier molecular flexibility index (Phi) is 8.19. The molecule has 1 aromatic carbocycles. The van der Waals surface area contributed by atoms with Crippen molar-refractivity contribution in [3.05, 3.63) is 65.1 Å². The number of rotatable bonds is 11. The largest absolute Gasteiger partial charge is 0.467 e. The Morgan fingerprint density at radius 3 is 2.84 bits per heavy atom. The van der Waals surface area contributed by atoms with Crippen molar-refractivity contribution in [2.75, 3.05) is 32.1 Å². The second-order valence-corrected chi connectivity index (χ2v) is 7.78. The number of aromatic nitrogens is 1.